The molecule has 2 atom stereocenters. The third kappa shape index (κ3) is 4.49. The lowest BCUT2D eigenvalue weighted by Crippen LogP contribution is -2.38. The lowest BCUT2D eigenvalue weighted by molar-refractivity contribution is 0.280. The summed E-state index contributed by atoms with van der Waals surface area (Å²) in [5, 5.41) is 8.52. The molecule has 0 aliphatic carbocycles. The largest absolute Gasteiger partial charge is 0.268 e. The third-order valence-corrected chi connectivity index (χ3v) is 6.35. The highest BCUT2D eigenvalue weighted by Crippen LogP contribution is 2.46. The standard InChI is InChI=1S/C26H27F2N5/c1-18(2)14-26(15-33-17-29-16-31-33,23-10-9-22(27)13-24(23)28)19(3)20-5-7-21(8-6-20)25-11-12-30-32(25)4/h5-13,16-17,19H,1,14-15H2,2-4H3/t19?,26-/m0/s1. The fourth-order valence-corrected chi connectivity index (χ4v) is 4.71. The van der Waals surface area contributed by atoms with Gasteiger partial charge in [0.1, 0.15) is 24.3 Å². The van der Waals surface area contributed by atoms with Crippen LogP contribution in [-0.4, -0.2) is 24.5 Å². The van der Waals surface area contributed by atoms with Crippen molar-refractivity contribution in [3.8, 4) is 11.3 Å². The average Bonchev–Trinajstić information content (AvgIpc) is 3.44. The molecular formula is C26H27F2N5. The maximum Gasteiger partial charge on any atom is 0.137 e. The minimum Gasteiger partial charge on any atom is -0.268 e. The highest BCUT2D eigenvalue weighted by atomic mass is 19.1. The van der Waals surface area contributed by atoms with Gasteiger partial charge in [0, 0.05) is 24.7 Å². The van der Waals surface area contributed by atoms with Crippen molar-refractivity contribution in [3.63, 3.8) is 0 Å². The molecule has 33 heavy (non-hydrogen) atoms. The van der Waals surface area contributed by atoms with Gasteiger partial charge in [0.15, 0.2) is 0 Å². The van der Waals surface area contributed by atoms with Crippen LogP contribution in [0.15, 0.2) is 79.5 Å². The molecule has 2 heterocycles. The predicted octanol–water partition coefficient (Wildman–Crippen LogP) is 5.66. The van der Waals surface area contributed by atoms with Crippen LogP contribution in [0.25, 0.3) is 11.3 Å². The van der Waals surface area contributed by atoms with Crippen molar-refractivity contribution in [2.24, 2.45) is 7.05 Å². The van der Waals surface area contributed by atoms with E-state index in [1.807, 2.05) is 36.9 Å². The second-order valence-electron chi connectivity index (χ2n) is 8.69. The van der Waals surface area contributed by atoms with Gasteiger partial charge in [-0.15, -0.1) is 6.58 Å². The van der Waals surface area contributed by atoms with Gasteiger partial charge in [-0.05, 0) is 48.1 Å². The summed E-state index contributed by atoms with van der Waals surface area (Å²) in [5.41, 5.74) is 3.66. The molecule has 0 radical (unpaired) electrons. The number of halogens is 2. The molecule has 5 nitrogen and oxygen atoms in total. The van der Waals surface area contributed by atoms with Crippen molar-refractivity contribution in [2.45, 2.75) is 38.1 Å². The first-order valence-corrected chi connectivity index (χ1v) is 10.8. The van der Waals surface area contributed by atoms with E-state index in [2.05, 4.69) is 40.8 Å². The van der Waals surface area contributed by atoms with Crippen LogP contribution in [0.1, 0.15) is 37.3 Å². The van der Waals surface area contributed by atoms with Gasteiger partial charge in [-0.25, -0.2) is 13.8 Å². The Hall–Kier alpha value is -3.61. The topological polar surface area (TPSA) is 48.5 Å². The fourth-order valence-electron chi connectivity index (χ4n) is 4.71. The fraction of sp³-hybridized carbons (Fsp3) is 0.269. The van der Waals surface area contributed by atoms with Crippen molar-refractivity contribution >= 4 is 0 Å². The molecule has 0 bridgehead atoms. The quantitative estimate of drug-likeness (QED) is 0.327. The summed E-state index contributed by atoms with van der Waals surface area (Å²) in [5.74, 6) is -1.32. The van der Waals surface area contributed by atoms with Crippen molar-refractivity contribution in [1.29, 1.82) is 0 Å². The number of hydrogen-bond donors (Lipinski definition) is 0. The molecule has 0 spiro atoms. The van der Waals surface area contributed by atoms with E-state index in [9.17, 15) is 4.39 Å². The SMILES string of the molecule is C=C(C)C[C@@](Cn1cncn1)(c1ccc(F)cc1F)C(C)c1ccc(-c2ccnn2C)cc1. The van der Waals surface area contributed by atoms with Crippen molar-refractivity contribution in [1.82, 2.24) is 24.5 Å². The number of nitrogens with zero attached hydrogens (tertiary/aromatic N) is 5. The van der Waals surface area contributed by atoms with E-state index in [1.165, 1.54) is 12.4 Å². The molecule has 4 aromatic rings. The molecule has 0 N–H and O–H groups in total. The molecule has 170 valence electrons. The number of allylic oxidation sites excluding steroid dienone is 1. The van der Waals surface area contributed by atoms with Gasteiger partial charge in [0.25, 0.3) is 0 Å². The first-order valence-electron chi connectivity index (χ1n) is 10.8. The van der Waals surface area contributed by atoms with Gasteiger partial charge < -0.3 is 0 Å². The van der Waals surface area contributed by atoms with E-state index >= 15 is 4.39 Å². The van der Waals surface area contributed by atoms with Gasteiger partial charge >= 0.3 is 0 Å². The predicted molar refractivity (Wildman–Crippen MR) is 125 cm³/mol. The normalized spacial score (nSPS) is 14.1. The monoisotopic (exact) mass is 447 g/mol. The van der Waals surface area contributed by atoms with Crippen LogP contribution >= 0.6 is 0 Å². The van der Waals surface area contributed by atoms with Crippen LogP contribution in [0.3, 0.4) is 0 Å². The molecule has 7 heteroatoms. The first-order chi connectivity index (χ1) is 15.8. The van der Waals surface area contributed by atoms with Crippen LogP contribution in [0, 0.1) is 11.6 Å². The number of hydrogen-bond acceptors (Lipinski definition) is 3. The minimum absolute atomic E-state index is 0.140. The summed E-state index contributed by atoms with van der Waals surface area (Å²) in [7, 11) is 1.90. The molecule has 4 rings (SSSR count). The zero-order chi connectivity index (χ0) is 23.6. The number of benzene rings is 2. The number of aryl methyl sites for hydroxylation is 1. The van der Waals surface area contributed by atoms with E-state index in [4.69, 9.17) is 0 Å². The van der Waals surface area contributed by atoms with Gasteiger partial charge in [-0.2, -0.15) is 10.2 Å². The molecule has 0 saturated heterocycles. The zero-order valence-corrected chi connectivity index (χ0v) is 19.0. The Morgan fingerprint density at radius 3 is 2.42 bits per heavy atom. The smallest absolute Gasteiger partial charge is 0.137 e. The van der Waals surface area contributed by atoms with E-state index in [1.54, 1.807) is 23.3 Å². The van der Waals surface area contributed by atoms with Gasteiger partial charge in [-0.1, -0.05) is 42.8 Å². The maximum atomic E-state index is 15.3. The Bertz CT molecular complexity index is 1240. The molecule has 0 aliphatic heterocycles. The highest BCUT2D eigenvalue weighted by molar-refractivity contribution is 5.59. The maximum absolute atomic E-state index is 15.3. The van der Waals surface area contributed by atoms with E-state index < -0.39 is 17.0 Å². The van der Waals surface area contributed by atoms with Crippen LogP contribution in [0.2, 0.25) is 0 Å². The van der Waals surface area contributed by atoms with E-state index in [-0.39, 0.29) is 5.92 Å². The summed E-state index contributed by atoms with van der Waals surface area (Å²) < 4.78 is 32.6. The summed E-state index contributed by atoms with van der Waals surface area (Å²) in [6.07, 6.45) is 5.34. The number of rotatable bonds is 8. The Balaban J connectivity index is 1.83. The van der Waals surface area contributed by atoms with Crippen LogP contribution in [0.4, 0.5) is 8.78 Å². The average molecular weight is 448 g/mol. The summed E-state index contributed by atoms with van der Waals surface area (Å²) in [6, 6.07) is 14.0. The molecule has 0 fully saturated rings. The second kappa shape index (κ2) is 9.10. The highest BCUT2D eigenvalue weighted by Gasteiger charge is 2.41. The van der Waals surface area contributed by atoms with Crippen LogP contribution in [0.5, 0.6) is 0 Å². The van der Waals surface area contributed by atoms with Gasteiger partial charge in [0.2, 0.25) is 0 Å². The molecule has 1 unspecified atom stereocenters. The third-order valence-electron chi connectivity index (χ3n) is 6.35. The van der Waals surface area contributed by atoms with E-state index in [0.717, 1.165) is 28.5 Å². The minimum atomic E-state index is -0.759. The Kier molecular flexibility index (Phi) is 6.22. The van der Waals surface area contributed by atoms with Crippen LogP contribution in [-0.2, 0) is 19.0 Å². The van der Waals surface area contributed by atoms with E-state index in [0.29, 0.717) is 18.5 Å². The first kappa shape index (κ1) is 22.6. The van der Waals surface area contributed by atoms with Crippen molar-refractivity contribution in [3.05, 3.63) is 102 Å². The summed E-state index contributed by atoms with van der Waals surface area (Å²) >= 11 is 0. The molecular weight excluding hydrogens is 420 g/mol. The summed E-state index contributed by atoms with van der Waals surface area (Å²) in [4.78, 5) is 4.06. The second-order valence-corrected chi connectivity index (χ2v) is 8.69. The Morgan fingerprint density at radius 1 is 1.09 bits per heavy atom. The number of aromatic nitrogens is 5. The van der Waals surface area contributed by atoms with Gasteiger partial charge in [0.05, 0.1) is 12.2 Å². The lowest BCUT2D eigenvalue weighted by Gasteiger charge is -2.40. The van der Waals surface area contributed by atoms with Crippen molar-refractivity contribution < 1.29 is 8.78 Å². The molecule has 2 aromatic carbocycles. The zero-order valence-electron chi connectivity index (χ0n) is 19.0. The molecule has 0 amide bonds. The lowest BCUT2D eigenvalue weighted by atomic mass is 9.65. The Labute approximate surface area is 192 Å². The molecule has 2 aromatic heterocycles. The molecule has 0 aliphatic rings. The van der Waals surface area contributed by atoms with Crippen LogP contribution < -0.4 is 0 Å². The van der Waals surface area contributed by atoms with Gasteiger partial charge in [-0.3, -0.25) is 9.36 Å². The Morgan fingerprint density at radius 2 is 1.85 bits per heavy atom. The van der Waals surface area contributed by atoms with Crippen molar-refractivity contribution in [2.75, 3.05) is 0 Å². The molecule has 0 saturated carbocycles. The summed E-state index contributed by atoms with van der Waals surface area (Å²) in [6.45, 7) is 8.49.